The number of aryl methyl sites for hydroxylation is 1. The summed E-state index contributed by atoms with van der Waals surface area (Å²) in [6.07, 6.45) is 4.12. The summed E-state index contributed by atoms with van der Waals surface area (Å²) in [4.78, 5) is 0. The molecule has 0 saturated heterocycles. The van der Waals surface area contributed by atoms with Crippen molar-refractivity contribution in [1.82, 2.24) is 5.32 Å². The van der Waals surface area contributed by atoms with Crippen molar-refractivity contribution in [1.29, 1.82) is 0 Å². The monoisotopic (exact) mass is 259 g/mol. The van der Waals surface area contributed by atoms with Gasteiger partial charge >= 0.3 is 0 Å². The molecule has 1 aliphatic carbocycles. The normalized spacial score (nSPS) is 27.7. The van der Waals surface area contributed by atoms with Crippen LogP contribution in [-0.4, -0.2) is 12.6 Å². The van der Waals surface area contributed by atoms with Crippen molar-refractivity contribution in [3.05, 3.63) is 35.4 Å². The van der Waals surface area contributed by atoms with Gasteiger partial charge in [0.15, 0.2) is 0 Å². The van der Waals surface area contributed by atoms with Crippen molar-refractivity contribution in [2.75, 3.05) is 6.54 Å². The van der Waals surface area contributed by atoms with E-state index in [4.69, 9.17) is 0 Å². The Hall–Kier alpha value is -0.820. The molecule has 1 aromatic carbocycles. The minimum absolute atomic E-state index is 0.595. The average Bonchev–Trinajstić information content (AvgIpc) is 2.38. The zero-order valence-corrected chi connectivity index (χ0v) is 12.9. The first-order chi connectivity index (χ1) is 9.06. The summed E-state index contributed by atoms with van der Waals surface area (Å²) in [5, 5.41) is 3.64. The predicted octanol–water partition coefficient (Wildman–Crippen LogP) is 4.51. The second-order valence-corrected chi connectivity index (χ2v) is 6.76. The van der Waals surface area contributed by atoms with Gasteiger partial charge in [0.05, 0.1) is 0 Å². The van der Waals surface area contributed by atoms with Gasteiger partial charge in [-0.15, -0.1) is 0 Å². The Morgan fingerprint density at radius 2 is 1.84 bits per heavy atom. The molecule has 3 atom stereocenters. The fraction of sp³-hybridized carbons (Fsp3) is 0.667. The molecule has 1 aliphatic rings. The number of benzene rings is 1. The first kappa shape index (κ1) is 14.6. The number of hydrogen-bond acceptors (Lipinski definition) is 1. The molecule has 0 aliphatic heterocycles. The smallest absolute Gasteiger partial charge is 0.00104 e. The fourth-order valence-corrected chi connectivity index (χ4v) is 3.30. The fourth-order valence-electron chi connectivity index (χ4n) is 3.30. The molecule has 1 heteroatoms. The maximum Gasteiger partial charge on any atom is 0.00104 e. The molecule has 0 bridgehead atoms. The largest absolute Gasteiger partial charge is 0.314 e. The molecule has 1 nitrogen and oxygen atoms in total. The van der Waals surface area contributed by atoms with E-state index < -0.39 is 0 Å². The summed E-state index contributed by atoms with van der Waals surface area (Å²) in [6, 6.07) is 9.82. The Morgan fingerprint density at radius 3 is 2.47 bits per heavy atom. The van der Waals surface area contributed by atoms with E-state index in [1.165, 1.54) is 31.4 Å². The van der Waals surface area contributed by atoms with Crippen LogP contribution < -0.4 is 5.32 Å². The quantitative estimate of drug-likeness (QED) is 0.838. The van der Waals surface area contributed by atoms with Gasteiger partial charge in [0.2, 0.25) is 0 Å². The van der Waals surface area contributed by atoms with Crippen LogP contribution >= 0.6 is 0 Å². The Morgan fingerprint density at radius 1 is 1.16 bits per heavy atom. The van der Waals surface area contributed by atoms with Crippen molar-refractivity contribution < 1.29 is 0 Å². The van der Waals surface area contributed by atoms with Gasteiger partial charge in [-0.05, 0) is 49.6 Å². The lowest BCUT2D eigenvalue weighted by Gasteiger charge is -2.36. The summed E-state index contributed by atoms with van der Waals surface area (Å²) in [7, 11) is 0. The summed E-state index contributed by atoms with van der Waals surface area (Å²) in [6.45, 7) is 10.2. The van der Waals surface area contributed by atoms with Crippen molar-refractivity contribution in [2.45, 2.75) is 58.9 Å². The number of nitrogens with one attached hydrogen (secondary N) is 1. The van der Waals surface area contributed by atoms with Gasteiger partial charge in [-0.2, -0.15) is 0 Å². The highest BCUT2D eigenvalue weighted by Gasteiger charge is 2.29. The number of hydrogen-bond donors (Lipinski definition) is 1. The zero-order valence-electron chi connectivity index (χ0n) is 12.9. The highest BCUT2D eigenvalue weighted by molar-refractivity contribution is 5.25. The third-order valence-corrected chi connectivity index (χ3v) is 4.55. The molecule has 106 valence electrons. The van der Waals surface area contributed by atoms with Crippen molar-refractivity contribution in [3.8, 4) is 0 Å². The van der Waals surface area contributed by atoms with Gasteiger partial charge in [-0.25, -0.2) is 0 Å². The number of rotatable bonds is 4. The van der Waals surface area contributed by atoms with E-state index in [-0.39, 0.29) is 0 Å². The molecule has 0 radical (unpaired) electrons. The Labute approximate surface area is 118 Å². The lowest BCUT2D eigenvalue weighted by atomic mass is 9.71. The Kier molecular flexibility index (Phi) is 5.04. The molecule has 1 N–H and O–H groups in total. The van der Waals surface area contributed by atoms with Gasteiger partial charge in [0, 0.05) is 6.04 Å². The second kappa shape index (κ2) is 6.56. The summed E-state index contributed by atoms with van der Waals surface area (Å²) in [5.41, 5.74) is 2.91. The zero-order chi connectivity index (χ0) is 13.8. The van der Waals surface area contributed by atoms with Crippen molar-refractivity contribution >= 4 is 0 Å². The van der Waals surface area contributed by atoms with Crippen LogP contribution in [0.2, 0.25) is 0 Å². The molecule has 1 fully saturated rings. The maximum absolute atomic E-state index is 3.64. The van der Waals surface area contributed by atoms with E-state index in [9.17, 15) is 0 Å². The van der Waals surface area contributed by atoms with E-state index >= 15 is 0 Å². The van der Waals surface area contributed by atoms with E-state index in [0.717, 1.165) is 17.8 Å². The molecule has 1 aromatic rings. The van der Waals surface area contributed by atoms with Crippen LogP contribution in [0.5, 0.6) is 0 Å². The highest BCUT2D eigenvalue weighted by atomic mass is 14.9. The van der Waals surface area contributed by atoms with Gasteiger partial charge in [0.25, 0.3) is 0 Å². The molecule has 3 unspecified atom stereocenters. The van der Waals surface area contributed by atoms with E-state index in [0.29, 0.717) is 6.04 Å². The second-order valence-electron chi connectivity index (χ2n) is 6.76. The van der Waals surface area contributed by atoms with Crippen molar-refractivity contribution in [3.63, 3.8) is 0 Å². The van der Waals surface area contributed by atoms with Crippen LogP contribution in [0.15, 0.2) is 24.3 Å². The lowest BCUT2D eigenvalue weighted by Crippen LogP contribution is -2.34. The van der Waals surface area contributed by atoms with Crippen LogP contribution in [0, 0.1) is 18.8 Å². The molecule has 1 saturated carbocycles. The maximum atomic E-state index is 3.64. The molecule has 0 aromatic heterocycles. The van der Waals surface area contributed by atoms with E-state index in [2.05, 4.69) is 57.3 Å². The average molecular weight is 259 g/mol. The van der Waals surface area contributed by atoms with Gasteiger partial charge in [-0.3, -0.25) is 0 Å². The van der Waals surface area contributed by atoms with Crippen LogP contribution in [0.4, 0.5) is 0 Å². The SMILES string of the molecule is Cc1ccc(C2CC(C)CCC2CNC(C)C)cc1. The van der Waals surface area contributed by atoms with Gasteiger partial charge in [0.1, 0.15) is 0 Å². The molecule has 19 heavy (non-hydrogen) atoms. The topological polar surface area (TPSA) is 12.0 Å². The molecule has 0 amide bonds. The lowest BCUT2D eigenvalue weighted by molar-refractivity contribution is 0.238. The van der Waals surface area contributed by atoms with Gasteiger partial charge < -0.3 is 5.32 Å². The molecular weight excluding hydrogens is 230 g/mol. The first-order valence-electron chi connectivity index (χ1n) is 7.86. The predicted molar refractivity (Wildman–Crippen MR) is 83.6 cm³/mol. The van der Waals surface area contributed by atoms with E-state index in [1.807, 2.05) is 0 Å². The third kappa shape index (κ3) is 4.07. The Balaban J connectivity index is 2.09. The third-order valence-electron chi connectivity index (χ3n) is 4.55. The minimum atomic E-state index is 0.595. The Bertz CT molecular complexity index is 379. The van der Waals surface area contributed by atoms with Crippen LogP contribution in [-0.2, 0) is 0 Å². The van der Waals surface area contributed by atoms with Crippen LogP contribution in [0.25, 0.3) is 0 Å². The highest BCUT2D eigenvalue weighted by Crippen LogP contribution is 2.40. The standard InChI is InChI=1S/C18H29N/c1-13(2)19-12-17-10-7-15(4)11-18(17)16-8-5-14(3)6-9-16/h5-6,8-9,13,15,17-19H,7,10-12H2,1-4H3. The first-order valence-corrected chi connectivity index (χ1v) is 7.86. The molecular formula is C18H29N. The van der Waals surface area contributed by atoms with Crippen LogP contribution in [0.3, 0.4) is 0 Å². The van der Waals surface area contributed by atoms with E-state index in [1.54, 1.807) is 5.56 Å². The van der Waals surface area contributed by atoms with Crippen LogP contribution in [0.1, 0.15) is 57.1 Å². The summed E-state index contributed by atoms with van der Waals surface area (Å²) < 4.78 is 0. The van der Waals surface area contributed by atoms with Gasteiger partial charge in [-0.1, -0.05) is 57.0 Å². The summed E-state index contributed by atoms with van der Waals surface area (Å²) >= 11 is 0. The molecule has 2 rings (SSSR count). The summed E-state index contributed by atoms with van der Waals surface area (Å²) in [5.74, 6) is 2.43. The molecule has 0 heterocycles. The van der Waals surface area contributed by atoms with Crippen molar-refractivity contribution in [2.24, 2.45) is 11.8 Å². The minimum Gasteiger partial charge on any atom is -0.314 e. The molecule has 0 spiro atoms.